The highest BCUT2D eigenvalue weighted by Crippen LogP contribution is 2.36. The fourth-order valence-corrected chi connectivity index (χ4v) is 3.20. The zero-order valence-corrected chi connectivity index (χ0v) is 15.0. The van der Waals surface area contributed by atoms with Crippen LogP contribution >= 0.6 is 0 Å². The van der Waals surface area contributed by atoms with E-state index in [2.05, 4.69) is 36.3 Å². The first kappa shape index (κ1) is 17.4. The Balaban J connectivity index is 1.91. The average molecular weight is 340 g/mol. The summed E-state index contributed by atoms with van der Waals surface area (Å²) in [5.41, 5.74) is 3.71. The van der Waals surface area contributed by atoms with E-state index in [-0.39, 0.29) is 11.4 Å². The van der Waals surface area contributed by atoms with Gasteiger partial charge in [0.15, 0.2) is 5.76 Å². The molecule has 0 atom stereocenters. The number of oxime groups is 1. The van der Waals surface area contributed by atoms with E-state index in [1.807, 2.05) is 25.1 Å². The summed E-state index contributed by atoms with van der Waals surface area (Å²) in [7, 11) is 0. The lowest BCUT2D eigenvalue weighted by Crippen LogP contribution is -2.28. The standard InChI is InChI=1S/C20H24N2O3/c1-4-8-18(23)25-22-16-13-20(2,3)12-15-19(16)17(24-21-15)11-14-9-6-5-7-10-14/h5-7,9-10H,4,8,11-13H2,1-3H3/b22-16-. The lowest BCUT2D eigenvalue weighted by Gasteiger charge is -2.28. The van der Waals surface area contributed by atoms with Crippen molar-refractivity contribution in [3.8, 4) is 0 Å². The molecule has 1 aromatic carbocycles. The second-order valence-electron chi connectivity index (χ2n) is 7.36. The molecule has 5 heteroatoms. The molecule has 2 aromatic rings. The lowest BCUT2D eigenvalue weighted by molar-refractivity contribution is -0.143. The molecule has 25 heavy (non-hydrogen) atoms. The number of rotatable bonds is 5. The van der Waals surface area contributed by atoms with Gasteiger partial charge in [-0.25, -0.2) is 4.79 Å². The van der Waals surface area contributed by atoms with Gasteiger partial charge in [-0.1, -0.05) is 61.4 Å². The molecule has 5 nitrogen and oxygen atoms in total. The van der Waals surface area contributed by atoms with Gasteiger partial charge >= 0.3 is 5.97 Å². The molecular weight excluding hydrogens is 316 g/mol. The number of nitrogens with zero attached hydrogens (tertiary/aromatic N) is 2. The van der Waals surface area contributed by atoms with E-state index in [1.54, 1.807) is 0 Å². The van der Waals surface area contributed by atoms with Gasteiger partial charge in [0.25, 0.3) is 0 Å². The molecule has 0 unspecified atom stereocenters. The van der Waals surface area contributed by atoms with Crippen LogP contribution in [0.15, 0.2) is 40.0 Å². The number of carbonyl (C=O) groups excluding carboxylic acids is 1. The Morgan fingerprint density at radius 1 is 1.28 bits per heavy atom. The van der Waals surface area contributed by atoms with E-state index in [0.29, 0.717) is 12.8 Å². The number of aromatic nitrogens is 1. The van der Waals surface area contributed by atoms with Crippen LogP contribution in [0.5, 0.6) is 0 Å². The maximum atomic E-state index is 11.7. The van der Waals surface area contributed by atoms with E-state index in [9.17, 15) is 4.79 Å². The van der Waals surface area contributed by atoms with Crippen LogP contribution in [0, 0.1) is 5.41 Å². The first-order valence-corrected chi connectivity index (χ1v) is 8.77. The van der Waals surface area contributed by atoms with Crippen LogP contribution < -0.4 is 0 Å². The van der Waals surface area contributed by atoms with Crippen LogP contribution in [0.25, 0.3) is 0 Å². The van der Waals surface area contributed by atoms with Crippen molar-refractivity contribution in [2.75, 3.05) is 0 Å². The molecule has 0 spiro atoms. The van der Waals surface area contributed by atoms with Gasteiger partial charge in [0.2, 0.25) is 0 Å². The number of hydrogen-bond donors (Lipinski definition) is 0. The highest BCUT2D eigenvalue weighted by Gasteiger charge is 2.35. The topological polar surface area (TPSA) is 64.7 Å². The number of carbonyl (C=O) groups is 1. The Kier molecular flexibility index (Phi) is 5.02. The molecule has 0 fully saturated rings. The van der Waals surface area contributed by atoms with Crippen LogP contribution in [0.4, 0.5) is 0 Å². The van der Waals surface area contributed by atoms with Crippen molar-refractivity contribution in [2.24, 2.45) is 10.6 Å². The summed E-state index contributed by atoms with van der Waals surface area (Å²) in [4.78, 5) is 16.8. The fraction of sp³-hybridized carbons (Fsp3) is 0.450. The van der Waals surface area contributed by atoms with Gasteiger partial charge in [0.05, 0.1) is 17.0 Å². The van der Waals surface area contributed by atoms with Crippen LogP contribution in [0.2, 0.25) is 0 Å². The minimum absolute atomic E-state index is 0.00386. The van der Waals surface area contributed by atoms with Gasteiger partial charge < -0.3 is 9.36 Å². The normalized spacial score (nSPS) is 17.3. The minimum atomic E-state index is -0.305. The Labute approximate surface area is 148 Å². The maximum absolute atomic E-state index is 11.7. The minimum Gasteiger partial charge on any atom is -0.360 e. The Morgan fingerprint density at radius 2 is 2.04 bits per heavy atom. The Hall–Kier alpha value is -2.43. The van der Waals surface area contributed by atoms with E-state index in [4.69, 9.17) is 9.36 Å². The van der Waals surface area contributed by atoms with Crippen molar-refractivity contribution in [1.29, 1.82) is 0 Å². The molecular formula is C20H24N2O3. The molecule has 0 radical (unpaired) electrons. The molecule has 0 saturated heterocycles. The van der Waals surface area contributed by atoms with E-state index < -0.39 is 0 Å². The van der Waals surface area contributed by atoms with Crippen LogP contribution in [0.3, 0.4) is 0 Å². The first-order chi connectivity index (χ1) is 12.0. The molecule has 1 heterocycles. The van der Waals surface area contributed by atoms with E-state index in [0.717, 1.165) is 47.6 Å². The zero-order valence-electron chi connectivity index (χ0n) is 15.0. The smallest absolute Gasteiger partial charge is 0.335 e. The monoisotopic (exact) mass is 340 g/mol. The lowest BCUT2D eigenvalue weighted by atomic mass is 9.75. The summed E-state index contributed by atoms with van der Waals surface area (Å²) in [5.74, 6) is 0.475. The summed E-state index contributed by atoms with van der Waals surface area (Å²) < 4.78 is 5.63. The van der Waals surface area contributed by atoms with Crippen molar-refractivity contribution in [1.82, 2.24) is 5.16 Å². The van der Waals surface area contributed by atoms with Gasteiger partial charge in [-0.15, -0.1) is 0 Å². The number of benzene rings is 1. The molecule has 0 saturated carbocycles. The molecule has 0 aliphatic heterocycles. The molecule has 0 amide bonds. The fourth-order valence-electron chi connectivity index (χ4n) is 3.20. The average Bonchev–Trinajstić information content (AvgIpc) is 2.95. The predicted octanol–water partition coefficient (Wildman–Crippen LogP) is 4.29. The largest absolute Gasteiger partial charge is 0.360 e. The molecule has 1 aromatic heterocycles. The van der Waals surface area contributed by atoms with Crippen molar-refractivity contribution in [3.05, 3.63) is 52.9 Å². The van der Waals surface area contributed by atoms with Crippen LogP contribution in [-0.4, -0.2) is 16.8 Å². The molecule has 0 bridgehead atoms. The highest BCUT2D eigenvalue weighted by molar-refractivity contribution is 6.03. The third kappa shape index (κ3) is 4.16. The van der Waals surface area contributed by atoms with Gasteiger partial charge in [0, 0.05) is 12.8 Å². The van der Waals surface area contributed by atoms with Crippen molar-refractivity contribution >= 4 is 11.7 Å². The van der Waals surface area contributed by atoms with Crippen molar-refractivity contribution < 1.29 is 14.2 Å². The molecule has 0 N–H and O–H groups in total. The third-order valence-corrected chi connectivity index (χ3v) is 4.33. The molecule has 1 aliphatic rings. The molecule has 3 rings (SSSR count). The number of hydrogen-bond acceptors (Lipinski definition) is 5. The van der Waals surface area contributed by atoms with Gasteiger partial charge in [0.1, 0.15) is 0 Å². The Morgan fingerprint density at radius 3 is 2.76 bits per heavy atom. The maximum Gasteiger partial charge on any atom is 0.335 e. The highest BCUT2D eigenvalue weighted by atomic mass is 16.7. The van der Waals surface area contributed by atoms with Crippen molar-refractivity contribution in [2.45, 2.75) is 52.9 Å². The third-order valence-electron chi connectivity index (χ3n) is 4.33. The summed E-state index contributed by atoms with van der Waals surface area (Å²) in [5, 5.41) is 8.45. The Bertz CT molecular complexity index is 775. The van der Waals surface area contributed by atoms with Crippen LogP contribution in [0.1, 0.15) is 62.6 Å². The molecule has 132 valence electrons. The summed E-state index contributed by atoms with van der Waals surface area (Å²) in [6, 6.07) is 10.1. The summed E-state index contributed by atoms with van der Waals surface area (Å²) >= 11 is 0. The summed E-state index contributed by atoms with van der Waals surface area (Å²) in [6.07, 6.45) is 3.30. The van der Waals surface area contributed by atoms with Gasteiger partial charge in [-0.05, 0) is 30.2 Å². The predicted molar refractivity (Wildman–Crippen MR) is 95.4 cm³/mol. The SMILES string of the molecule is CCCC(=O)O/N=C1/CC(C)(C)Cc2noc(Cc3ccccc3)c21. The summed E-state index contributed by atoms with van der Waals surface area (Å²) in [6.45, 7) is 6.25. The van der Waals surface area contributed by atoms with E-state index in [1.165, 1.54) is 0 Å². The first-order valence-electron chi connectivity index (χ1n) is 8.77. The van der Waals surface area contributed by atoms with Gasteiger partial charge in [-0.3, -0.25) is 0 Å². The van der Waals surface area contributed by atoms with Gasteiger partial charge in [-0.2, -0.15) is 0 Å². The zero-order chi connectivity index (χ0) is 17.9. The van der Waals surface area contributed by atoms with Crippen LogP contribution in [-0.2, 0) is 22.5 Å². The second kappa shape index (κ2) is 7.21. The van der Waals surface area contributed by atoms with Crippen molar-refractivity contribution in [3.63, 3.8) is 0 Å². The van der Waals surface area contributed by atoms with E-state index >= 15 is 0 Å². The number of fused-ring (bicyclic) bond motifs is 1. The second-order valence-corrected chi connectivity index (χ2v) is 7.36. The quantitative estimate of drug-likeness (QED) is 0.602. The molecule has 1 aliphatic carbocycles.